The summed E-state index contributed by atoms with van der Waals surface area (Å²) < 4.78 is 18.3. The van der Waals surface area contributed by atoms with Crippen LogP contribution in [0.1, 0.15) is 23.7 Å². The lowest BCUT2D eigenvalue weighted by Crippen LogP contribution is -2.36. The number of halogens is 1. The van der Waals surface area contributed by atoms with Crippen molar-refractivity contribution in [1.29, 1.82) is 0 Å². The minimum Gasteiger partial charge on any atom is -0.395 e. The number of anilines is 1. The quantitative estimate of drug-likeness (QED) is 0.715. The summed E-state index contributed by atoms with van der Waals surface area (Å²) in [4.78, 5) is 17.8. The van der Waals surface area contributed by atoms with Crippen molar-refractivity contribution < 1.29 is 19.0 Å². The molecule has 6 nitrogen and oxygen atoms in total. The average Bonchev–Trinajstić information content (AvgIpc) is 2.49. The summed E-state index contributed by atoms with van der Waals surface area (Å²) in [5.41, 5.74) is 0.160. The first-order chi connectivity index (χ1) is 10.1. The van der Waals surface area contributed by atoms with Crippen LogP contribution in [0.4, 0.5) is 10.2 Å². The van der Waals surface area contributed by atoms with Crippen LogP contribution >= 0.6 is 0 Å². The third-order valence-corrected chi connectivity index (χ3v) is 2.85. The lowest BCUT2D eigenvalue weighted by molar-refractivity contribution is 0.0656. The molecule has 1 aromatic heterocycles. The Bertz CT molecular complexity index is 457. The number of ether oxygens (including phenoxy) is 1. The summed E-state index contributed by atoms with van der Waals surface area (Å²) in [7, 11) is 1.53. The van der Waals surface area contributed by atoms with Crippen LogP contribution in [0.5, 0.6) is 0 Å². The Hall–Kier alpha value is -1.73. The van der Waals surface area contributed by atoms with Gasteiger partial charge in [0.2, 0.25) is 0 Å². The van der Waals surface area contributed by atoms with Gasteiger partial charge in [0.05, 0.1) is 25.0 Å². The molecule has 0 saturated heterocycles. The van der Waals surface area contributed by atoms with E-state index in [1.165, 1.54) is 12.0 Å². The minimum absolute atomic E-state index is 0.159. The number of amides is 1. The fourth-order valence-corrected chi connectivity index (χ4v) is 1.79. The molecule has 0 radical (unpaired) electrons. The fourth-order valence-electron chi connectivity index (χ4n) is 1.79. The van der Waals surface area contributed by atoms with Crippen LogP contribution < -0.4 is 5.32 Å². The summed E-state index contributed by atoms with van der Waals surface area (Å²) in [5, 5.41) is 12.1. The minimum atomic E-state index is -0.573. The first-order valence-corrected chi connectivity index (χ1v) is 6.92. The largest absolute Gasteiger partial charge is 0.395 e. The van der Waals surface area contributed by atoms with Gasteiger partial charge in [0, 0.05) is 26.7 Å². The number of pyridine rings is 1. The summed E-state index contributed by atoms with van der Waals surface area (Å²) in [6, 6.07) is 1.16. The molecule has 0 bridgehead atoms. The molecule has 0 aliphatic heterocycles. The molecule has 0 aliphatic rings. The molecule has 0 saturated carbocycles. The van der Waals surface area contributed by atoms with Crippen LogP contribution in [0.3, 0.4) is 0 Å². The Labute approximate surface area is 123 Å². The molecule has 7 heteroatoms. The monoisotopic (exact) mass is 299 g/mol. The molecule has 0 atom stereocenters. The highest BCUT2D eigenvalue weighted by Crippen LogP contribution is 2.16. The molecule has 1 amide bonds. The Kier molecular flexibility index (Phi) is 7.63. The number of hydrogen-bond acceptors (Lipinski definition) is 5. The van der Waals surface area contributed by atoms with Crippen LogP contribution in [0, 0.1) is 5.82 Å². The van der Waals surface area contributed by atoms with Crippen molar-refractivity contribution in [2.24, 2.45) is 0 Å². The Morgan fingerprint density at radius 3 is 2.90 bits per heavy atom. The zero-order chi connectivity index (χ0) is 15.7. The van der Waals surface area contributed by atoms with Gasteiger partial charge in [0.15, 0.2) is 0 Å². The number of nitrogens with zero attached hydrogens (tertiary/aromatic N) is 2. The lowest BCUT2D eigenvalue weighted by atomic mass is 10.2. The van der Waals surface area contributed by atoms with E-state index in [1.54, 1.807) is 0 Å². The van der Waals surface area contributed by atoms with Crippen LogP contribution in [0.15, 0.2) is 12.3 Å². The van der Waals surface area contributed by atoms with Gasteiger partial charge < -0.3 is 20.1 Å². The predicted octanol–water partition coefficient (Wildman–Crippen LogP) is 1.12. The summed E-state index contributed by atoms with van der Waals surface area (Å²) in [5.74, 6) is -0.605. The lowest BCUT2D eigenvalue weighted by Gasteiger charge is -2.22. The predicted molar refractivity (Wildman–Crippen MR) is 77.8 cm³/mol. The van der Waals surface area contributed by atoms with Gasteiger partial charge in [-0.3, -0.25) is 4.79 Å². The molecule has 1 rings (SSSR count). The molecule has 0 fully saturated rings. The van der Waals surface area contributed by atoms with Crippen molar-refractivity contribution in [3.8, 4) is 0 Å². The first-order valence-electron chi connectivity index (χ1n) is 6.92. The first kappa shape index (κ1) is 17.3. The fraction of sp³-hybridized carbons (Fsp3) is 0.571. The van der Waals surface area contributed by atoms with Crippen molar-refractivity contribution in [2.45, 2.75) is 13.3 Å². The molecule has 1 aromatic rings. The molecule has 1 heterocycles. The third-order valence-electron chi connectivity index (χ3n) is 2.85. The van der Waals surface area contributed by atoms with Crippen molar-refractivity contribution in [3.63, 3.8) is 0 Å². The van der Waals surface area contributed by atoms with Crippen molar-refractivity contribution in [3.05, 3.63) is 23.6 Å². The van der Waals surface area contributed by atoms with E-state index in [1.807, 2.05) is 6.92 Å². The van der Waals surface area contributed by atoms with Crippen LogP contribution in [-0.2, 0) is 4.74 Å². The highest BCUT2D eigenvalue weighted by Gasteiger charge is 2.20. The van der Waals surface area contributed by atoms with Crippen LogP contribution in [0.25, 0.3) is 0 Å². The van der Waals surface area contributed by atoms with Gasteiger partial charge >= 0.3 is 0 Å². The zero-order valence-electron chi connectivity index (χ0n) is 12.4. The van der Waals surface area contributed by atoms with Gasteiger partial charge in [-0.2, -0.15) is 0 Å². The molecule has 0 aliphatic carbocycles. The van der Waals surface area contributed by atoms with E-state index in [2.05, 4.69) is 10.3 Å². The van der Waals surface area contributed by atoms with E-state index in [0.717, 1.165) is 18.7 Å². The topological polar surface area (TPSA) is 74.7 Å². The number of rotatable bonds is 9. The van der Waals surface area contributed by atoms with E-state index in [0.29, 0.717) is 25.5 Å². The number of aromatic nitrogens is 1. The second kappa shape index (κ2) is 9.25. The molecule has 0 spiro atoms. The summed E-state index contributed by atoms with van der Waals surface area (Å²) in [6.07, 6.45) is 1.93. The van der Waals surface area contributed by atoms with Gasteiger partial charge in [-0.05, 0) is 12.5 Å². The second-order valence-corrected chi connectivity index (χ2v) is 4.49. The van der Waals surface area contributed by atoms with E-state index in [4.69, 9.17) is 9.84 Å². The number of hydrogen-bond donors (Lipinski definition) is 2. The smallest absolute Gasteiger partial charge is 0.257 e. The summed E-state index contributed by atoms with van der Waals surface area (Å²) >= 11 is 0. The molecule has 0 unspecified atom stereocenters. The third kappa shape index (κ3) is 5.28. The normalized spacial score (nSPS) is 10.5. The van der Waals surface area contributed by atoms with Gasteiger partial charge in [0.25, 0.3) is 5.91 Å². The highest BCUT2D eigenvalue weighted by molar-refractivity contribution is 5.98. The maximum atomic E-state index is 13.4. The molecule has 118 valence electrons. The van der Waals surface area contributed by atoms with Crippen molar-refractivity contribution >= 4 is 11.7 Å². The van der Waals surface area contributed by atoms with E-state index in [-0.39, 0.29) is 24.6 Å². The highest BCUT2D eigenvalue weighted by atomic mass is 19.1. The van der Waals surface area contributed by atoms with Crippen LogP contribution in [0.2, 0.25) is 0 Å². The van der Waals surface area contributed by atoms with E-state index >= 15 is 0 Å². The molecule has 2 N–H and O–H groups in total. The van der Waals surface area contributed by atoms with Gasteiger partial charge in [-0.15, -0.1) is 0 Å². The van der Waals surface area contributed by atoms with Gasteiger partial charge in [-0.25, -0.2) is 9.37 Å². The number of carbonyl (C=O) groups excluding carboxylic acids is 1. The number of aliphatic hydroxyl groups excluding tert-OH is 1. The molecule has 0 aromatic carbocycles. The summed E-state index contributed by atoms with van der Waals surface area (Å²) in [6.45, 7) is 3.26. The van der Waals surface area contributed by atoms with Crippen molar-refractivity contribution in [1.82, 2.24) is 9.88 Å². The number of methoxy groups -OCH3 is 1. The molecular formula is C14H22FN3O3. The number of aliphatic hydroxyl groups is 1. The van der Waals surface area contributed by atoms with E-state index < -0.39 is 5.82 Å². The maximum absolute atomic E-state index is 13.4. The van der Waals surface area contributed by atoms with E-state index in [9.17, 15) is 9.18 Å². The SMILES string of the molecule is CCCNc1ncc(F)cc1C(=O)N(CCO)CCOC. The number of carbonyl (C=O) groups is 1. The molecular weight excluding hydrogens is 277 g/mol. The Balaban J connectivity index is 2.98. The molecule has 21 heavy (non-hydrogen) atoms. The van der Waals surface area contributed by atoms with Crippen molar-refractivity contribution in [2.75, 3.05) is 45.3 Å². The number of nitrogens with one attached hydrogen (secondary N) is 1. The zero-order valence-corrected chi connectivity index (χ0v) is 12.4. The van der Waals surface area contributed by atoms with Crippen LogP contribution in [-0.4, -0.2) is 60.9 Å². The standard InChI is InChI=1S/C14H22FN3O3/c1-3-4-16-13-12(9-11(15)10-17-13)14(20)18(5-7-19)6-8-21-2/h9-10,19H,3-8H2,1-2H3,(H,16,17). The average molecular weight is 299 g/mol. The van der Waals surface area contributed by atoms with Gasteiger partial charge in [0.1, 0.15) is 11.6 Å². The maximum Gasteiger partial charge on any atom is 0.257 e. The Morgan fingerprint density at radius 2 is 2.29 bits per heavy atom. The second-order valence-electron chi connectivity index (χ2n) is 4.49. The Morgan fingerprint density at radius 1 is 1.52 bits per heavy atom. The van der Waals surface area contributed by atoms with Gasteiger partial charge in [-0.1, -0.05) is 6.92 Å².